The Kier molecular flexibility index (Phi) is 25.1. The van der Waals surface area contributed by atoms with E-state index in [4.69, 9.17) is 47.2 Å². The van der Waals surface area contributed by atoms with Crippen molar-refractivity contribution in [3.63, 3.8) is 0 Å². The summed E-state index contributed by atoms with van der Waals surface area (Å²) in [5, 5.41) is 109. The molecule has 5 heterocycles. The summed E-state index contributed by atoms with van der Waals surface area (Å²) < 4.78 is 235. The topological polar surface area (TPSA) is 670 Å². The van der Waals surface area contributed by atoms with Gasteiger partial charge in [-0.05, 0) is 0 Å². The van der Waals surface area contributed by atoms with Crippen molar-refractivity contribution < 1.29 is 189 Å². The molecule has 0 spiro atoms. The first-order valence-corrected chi connectivity index (χ1v) is 30.7. The summed E-state index contributed by atoms with van der Waals surface area (Å²) in [6.45, 7) is -4.62. The van der Waals surface area contributed by atoms with Crippen LogP contribution >= 0.6 is 0 Å². The van der Waals surface area contributed by atoms with E-state index in [1.54, 1.807) is 0 Å². The van der Waals surface area contributed by atoms with Crippen LogP contribution in [0.3, 0.4) is 0 Å². The maximum absolute atomic E-state index is 12.8. The summed E-state index contributed by atoms with van der Waals surface area (Å²) in [7, 11) is -27.2. The second-order valence-electron chi connectivity index (χ2n) is 18.8. The van der Waals surface area contributed by atoms with Gasteiger partial charge < -0.3 is 105 Å². The molecule has 49 heteroatoms. The molecular weight excluding hydrogens is 1290 g/mol. The smallest absolute Gasteiger partial charge is 0.388 e. The average molecular weight is 1350 g/mol. The van der Waals surface area contributed by atoms with Gasteiger partial charge in [-0.1, -0.05) is 0 Å². The van der Waals surface area contributed by atoms with Gasteiger partial charge in [0.05, 0.1) is 33.0 Å². The summed E-state index contributed by atoms with van der Waals surface area (Å²) in [6.07, 6.45) is -52.2. The highest BCUT2D eigenvalue weighted by Crippen LogP contribution is 2.37. The highest BCUT2D eigenvalue weighted by molar-refractivity contribution is 7.81. The zero-order valence-corrected chi connectivity index (χ0v) is 47.4. The Labute approximate surface area is 480 Å². The SMILES string of the molecule is CC(=O)N[C@H]1[C@H](O[C@H]2[C@@H](O)[C@@H](COS(=O)(=O)O)O[C@@H](O[C@H]3[C@H](O)[C@@H](NC(C)=O)C(O)O[C@@H]3COS(=O)(=O)O)[C@@H]2O)O[C@H](COS(=O)(=O)O)[C@@H](O[C@@H]2O[C@H](COS(=O)(=O)O)[C@H](O)[C@H](O[C@@H]3O[C@H](COS(=O)(=O)O)[C@@H](O)[C@H](O)[C@H]3NC(C)=O)[C@H]2O)[C@@H]1O. The fourth-order valence-corrected chi connectivity index (χ4v) is 10.5. The molecule has 0 aromatic heterocycles. The monoisotopic (exact) mass is 1350 g/mol. The standard InChI is InChI=1S/C36H61N3O41S5/c1-9(40)37-17-24(47)28(15(72-32(17)51)7-70-84(61,62)63)77-35-27(50)31(22(45)14(74-35)6-69-83(58,59)60)80-34-19(39-11(3)42)25(48)29(16(76-34)8-71-85(64,65)66)78-36-26(49)30(21(44)13(75-36)5-68-82(55,56)57)79-33-18(38-10(2)41)23(46)20(43)12(73-33)4-67-81(52,53)54/h12-36,43-51H,4-8H2,1-3H3,(H,37,40)(H,38,41)(H,39,42)(H,52,53,54)(H,55,56,57)(H,58,59,60)(H,61,62,63)(H,64,65,66)/t12-,13-,14-,15-,16-,17-,18-,19-,20-,21+,22+,23-,24-,25-,26-,27-,28-,29-,30+,31+,32?,33+,34+,35+,36+/m1/s1. The van der Waals surface area contributed by atoms with Crippen LogP contribution in [-0.2, 0) is 130 Å². The van der Waals surface area contributed by atoms with E-state index in [0.717, 1.165) is 20.8 Å². The van der Waals surface area contributed by atoms with Gasteiger partial charge in [0.2, 0.25) is 17.7 Å². The molecule has 496 valence electrons. The lowest BCUT2D eigenvalue weighted by atomic mass is 9.94. The van der Waals surface area contributed by atoms with Gasteiger partial charge in [-0.2, -0.15) is 42.1 Å². The van der Waals surface area contributed by atoms with E-state index in [1.807, 2.05) is 0 Å². The van der Waals surface area contributed by atoms with Gasteiger partial charge in [0.15, 0.2) is 31.5 Å². The highest BCUT2D eigenvalue weighted by atomic mass is 32.3. The van der Waals surface area contributed by atoms with Crippen LogP contribution in [0.5, 0.6) is 0 Å². The second-order valence-corrected chi connectivity index (χ2v) is 24.3. The lowest BCUT2D eigenvalue weighted by Gasteiger charge is -2.50. The first-order chi connectivity index (χ1) is 38.9. The third-order valence-corrected chi connectivity index (χ3v) is 14.7. The molecule has 0 saturated carbocycles. The molecule has 25 atom stereocenters. The number of hydrogen-bond donors (Lipinski definition) is 17. The zero-order valence-electron chi connectivity index (χ0n) is 43.3. The molecule has 17 N–H and O–H groups in total. The molecule has 0 bridgehead atoms. The van der Waals surface area contributed by atoms with Crippen molar-refractivity contribution in [1.82, 2.24) is 16.0 Å². The van der Waals surface area contributed by atoms with E-state index in [2.05, 4.69) is 36.9 Å². The number of nitrogens with one attached hydrogen (secondary N) is 3. The number of aliphatic hydroxyl groups excluding tert-OH is 9. The van der Waals surface area contributed by atoms with Crippen molar-refractivity contribution in [3.8, 4) is 0 Å². The molecule has 0 aliphatic carbocycles. The van der Waals surface area contributed by atoms with Gasteiger partial charge >= 0.3 is 52.0 Å². The van der Waals surface area contributed by atoms with Crippen molar-refractivity contribution in [2.24, 2.45) is 0 Å². The van der Waals surface area contributed by atoms with Crippen molar-refractivity contribution >= 4 is 69.7 Å². The number of carbonyl (C=O) groups is 3. The van der Waals surface area contributed by atoms with E-state index in [-0.39, 0.29) is 0 Å². The third kappa shape index (κ3) is 21.1. The minimum Gasteiger partial charge on any atom is -0.388 e. The van der Waals surface area contributed by atoms with E-state index in [0.29, 0.717) is 0 Å². The van der Waals surface area contributed by atoms with Crippen LogP contribution in [0.25, 0.3) is 0 Å². The molecular formula is C36H61N3O41S5. The molecule has 5 aliphatic rings. The van der Waals surface area contributed by atoms with Gasteiger partial charge in [0.25, 0.3) is 0 Å². The van der Waals surface area contributed by atoms with Crippen molar-refractivity contribution in [3.05, 3.63) is 0 Å². The van der Waals surface area contributed by atoms with Crippen LogP contribution in [0.2, 0.25) is 0 Å². The van der Waals surface area contributed by atoms with Gasteiger partial charge in [0.1, 0.15) is 122 Å². The van der Waals surface area contributed by atoms with Crippen molar-refractivity contribution in [2.45, 2.75) is 174 Å². The zero-order chi connectivity index (χ0) is 64.2. The van der Waals surface area contributed by atoms with Crippen LogP contribution in [0, 0.1) is 0 Å². The molecule has 1 unspecified atom stereocenters. The Hall–Kier alpha value is -2.96. The summed E-state index contributed by atoms with van der Waals surface area (Å²) in [5.74, 6) is -3.08. The lowest BCUT2D eigenvalue weighted by Crippen LogP contribution is -2.70. The molecule has 0 aromatic carbocycles. The van der Waals surface area contributed by atoms with Gasteiger partial charge in [0, 0.05) is 20.8 Å². The summed E-state index contributed by atoms with van der Waals surface area (Å²) in [6, 6.07) is -6.11. The average Bonchev–Trinajstić information content (AvgIpc) is 1.20. The van der Waals surface area contributed by atoms with E-state index < -0.39 is 256 Å². The molecule has 44 nitrogen and oxygen atoms in total. The third-order valence-electron chi connectivity index (χ3n) is 12.5. The molecule has 5 saturated heterocycles. The minimum absolute atomic E-state index is 0.775. The number of rotatable bonds is 26. The summed E-state index contributed by atoms with van der Waals surface area (Å²) in [4.78, 5) is 37.1. The first kappa shape index (κ1) is 72.8. The Morgan fingerprint density at radius 1 is 0.329 bits per heavy atom. The number of aliphatic hydroxyl groups is 9. The maximum atomic E-state index is 12.8. The highest BCUT2D eigenvalue weighted by Gasteiger charge is 2.58. The van der Waals surface area contributed by atoms with Crippen LogP contribution in [0.15, 0.2) is 0 Å². The van der Waals surface area contributed by atoms with E-state index in [1.165, 1.54) is 0 Å². The summed E-state index contributed by atoms with van der Waals surface area (Å²) >= 11 is 0. The lowest BCUT2D eigenvalue weighted by molar-refractivity contribution is -0.381. The maximum Gasteiger partial charge on any atom is 0.397 e. The predicted octanol–water partition coefficient (Wildman–Crippen LogP) is -12.4. The fraction of sp³-hybridized carbons (Fsp3) is 0.917. The molecule has 0 radical (unpaired) electrons. The first-order valence-electron chi connectivity index (χ1n) is 23.9. The number of carbonyl (C=O) groups excluding carboxylic acids is 3. The second kappa shape index (κ2) is 29.3. The number of hydrogen-bond acceptors (Lipinski definition) is 36. The Morgan fingerprint density at radius 2 is 0.588 bits per heavy atom. The van der Waals surface area contributed by atoms with Gasteiger partial charge in [-0.3, -0.25) is 37.1 Å². The Bertz CT molecular complexity index is 2860. The van der Waals surface area contributed by atoms with Crippen LogP contribution in [0.4, 0.5) is 0 Å². The fourth-order valence-electron chi connectivity index (χ4n) is 8.94. The molecule has 5 aliphatic heterocycles. The predicted molar refractivity (Wildman–Crippen MR) is 253 cm³/mol. The Morgan fingerprint density at radius 3 is 0.929 bits per heavy atom. The van der Waals surface area contributed by atoms with E-state index >= 15 is 0 Å². The molecule has 0 aromatic rings. The molecule has 5 fully saturated rings. The number of ether oxygens (including phenoxy) is 9. The largest absolute Gasteiger partial charge is 0.397 e. The van der Waals surface area contributed by atoms with Crippen LogP contribution < -0.4 is 16.0 Å². The molecule has 5 rings (SSSR count). The molecule has 85 heavy (non-hydrogen) atoms. The van der Waals surface area contributed by atoms with E-state index in [9.17, 15) is 121 Å². The summed E-state index contributed by atoms with van der Waals surface area (Å²) in [5.41, 5.74) is 0. The van der Waals surface area contributed by atoms with Crippen molar-refractivity contribution in [1.29, 1.82) is 0 Å². The quantitative estimate of drug-likeness (QED) is 0.0358. The van der Waals surface area contributed by atoms with Gasteiger partial charge in [-0.15, -0.1) is 0 Å². The normalized spacial score (nSPS) is 39.8. The number of amides is 3. The van der Waals surface area contributed by atoms with Crippen LogP contribution in [-0.4, -0.2) is 315 Å². The Balaban J connectivity index is 1.55. The molecule has 3 amide bonds. The van der Waals surface area contributed by atoms with Crippen LogP contribution in [0.1, 0.15) is 20.8 Å². The van der Waals surface area contributed by atoms with Crippen molar-refractivity contribution in [2.75, 3.05) is 33.0 Å². The minimum atomic E-state index is -5.61. The van der Waals surface area contributed by atoms with Gasteiger partial charge in [-0.25, -0.2) is 20.9 Å².